The summed E-state index contributed by atoms with van der Waals surface area (Å²) in [5.74, 6) is 0. The van der Waals surface area contributed by atoms with E-state index < -0.39 is 5.60 Å². The van der Waals surface area contributed by atoms with Crippen LogP contribution in [0.2, 0.25) is 5.15 Å². The highest BCUT2D eigenvalue weighted by Crippen LogP contribution is 2.24. The fourth-order valence-electron chi connectivity index (χ4n) is 2.15. The molecule has 21 heavy (non-hydrogen) atoms. The van der Waals surface area contributed by atoms with Crippen molar-refractivity contribution >= 4 is 33.6 Å². The zero-order valence-corrected chi connectivity index (χ0v) is 14.7. The quantitative estimate of drug-likeness (QED) is 0.764. The second kappa shape index (κ2) is 6.50. The molecule has 1 saturated heterocycles. The third-order valence-corrected chi connectivity index (χ3v) is 3.61. The number of rotatable bonds is 1. The molecule has 1 atom stereocenters. The van der Waals surface area contributed by atoms with Gasteiger partial charge in [0.05, 0.1) is 6.04 Å². The van der Waals surface area contributed by atoms with Crippen LogP contribution < -0.4 is 5.32 Å². The van der Waals surface area contributed by atoms with Gasteiger partial charge in [-0.1, -0.05) is 11.6 Å². The van der Waals surface area contributed by atoms with E-state index in [2.05, 4.69) is 26.2 Å². The number of hydrogen-bond acceptors (Lipinski definition) is 4. The van der Waals surface area contributed by atoms with Crippen molar-refractivity contribution in [3.63, 3.8) is 0 Å². The topological polar surface area (TPSA) is 54.5 Å². The van der Waals surface area contributed by atoms with Crippen LogP contribution in [0.5, 0.6) is 0 Å². The molecular formula is C14H19BrClN3O2. The Bertz CT molecular complexity index is 513. The summed E-state index contributed by atoms with van der Waals surface area (Å²) < 4.78 is 6.10. The minimum atomic E-state index is -0.486. The number of carbonyl (C=O) groups excluding carboxylic acids is 1. The fourth-order valence-corrected chi connectivity index (χ4v) is 2.92. The largest absolute Gasteiger partial charge is 0.444 e. The number of nitrogens with zero attached hydrogens (tertiary/aromatic N) is 2. The van der Waals surface area contributed by atoms with Gasteiger partial charge in [0.15, 0.2) is 0 Å². The predicted octanol–water partition coefficient (Wildman–Crippen LogP) is 3.38. The number of amides is 1. The molecule has 0 spiro atoms. The number of piperazine rings is 1. The van der Waals surface area contributed by atoms with Crippen LogP contribution in [0.4, 0.5) is 4.79 Å². The molecular weight excluding hydrogens is 358 g/mol. The molecule has 1 amide bonds. The zero-order valence-electron chi connectivity index (χ0n) is 12.3. The Labute approximate surface area is 138 Å². The van der Waals surface area contributed by atoms with Crippen LogP contribution >= 0.6 is 27.5 Å². The van der Waals surface area contributed by atoms with Gasteiger partial charge in [-0.2, -0.15) is 0 Å². The fraction of sp³-hybridized carbons (Fsp3) is 0.571. The van der Waals surface area contributed by atoms with E-state index in [4.69, 9.17) is 16.3 Å². The molecule has 1 aromatic heterocycles. The second-order valence-corrected chi connectivity index (χ2v) is 7.18. The van der Waals surface area contributed by atoms with Gasteiger partial charge in [-0.3, -0.25) is 0 Å². The van der Waals surface area contributed by atoms with Crippen LogP contribution in [-0.2, 0) is 4.74 Å². The van der Waals surface area contributed by atoms with Gasteiger partial charge >= 0.3 is 6.09 Å². The van der Waals surface area contributed by atoms with Crippen molar-refractivity contribution in [2.45, 2.75) is 32.4 Å². The summed E-state index contributed by atoms with van der Waals surface area (Å²) >= 11 is 9.32. The van der Waals surface area contributed by atoms with Crippen molar-refractivity contribution in [1.82, 2.24) is 15.2 Å². The molecule has 7 heteroatoms. The average Bonchev–Trinajstić information content (AvgIpc) is 2.36. The lowest BCUT2D eigenvalue weighted by atomic mass is 10.1. The predicted molar refractivity (Wildman–Crippen MR) is 85.5 cm³/mol. The molecule has 0 radical (unpaired) electrons. The molecule has 0 aromatic carbocycles. The lowest BCUT2D eigenvalue weighted by molar-refractivity contribution is 0.0195. The maximum absolute atomic E-state index is 12.2. The van der Waals surface area contributed by atoms with Gasteiger partial charge in [-0.15, -0.1) is 0 Å². The molecule has 1 N–H and O–H groups in total. The molecule has 0 saturated carbocycles. The molecule has 1 fully saturated rings. The Balaban J connectivity index is 2.08. The first-order chi connectivity index (χ1) is 9.74. The number of nitrogens with one attached hydrogen (secondary N) is 1. The van der Waals surface area contributed by atoms with Crippen molar-refractivity contribution in [1.29, 1.82) is 0 Å². The van der Waals surface area contributed by atoms with Crippen LogP contribution in [0.25, 0.3) is 0 Å². The summed E-state index contributed by atoms with van der Waals surface area (Å²) in [6, 6.07) is 3.73. The molecule has 2 heterocycles. The minimum Gasteiger partial charge on any atom is -0.444 e. The summed E-state index contributed by atoms with van der Waals surface area (Å²) in [6.07, 6.45) is -0.284. The Hall–Kier alpha value is -0.850. The molecule has 5 nitrogen and oxygen atoms in total. The first kappa shape index (κ1) is 16.5. The van der Waals surface area contributed by atoms with Gasteiger partial charge < -0.3 is 15.0 Å². The highest BCUT2D eigenvalue weighted by atomic mass is 79.9. The Morgan fingerprint density at radius 2 is 2.24 bits per heavy atom. The number of ether oxygens (including phenoxy) is 1. The van der Waals surface area contributed by atoms with Gasteiger partial charge in [0.1, 0.15) is 15.4 Å². The van der Waals surface area contributed by atoms with Crippen molar-refractivity contribution < 1.29 is 9.53 Å². The number of pyridine rings is 1. The third-order valence-electron chi connectivity index (χ3n) is 3.01. The van der Waals surface area contributed by atoms with Crippen LogP contribution in [-0.4, -0.2) is 41.2 Å². The molecule has 1 aliphatic heterocycles. The van der Waals surface area contributed by atoms with Gasteiger partial charge in [0, 0.05) is 19.6 Å². The van der Waals surface area contributed by atoms with E-state index in [9.17, 15) is 4.79 Å². The standard InChI is InChI=1S/C14H19BrClN3O2/c1-14(2,3)21-13(20)19-5-4-17-10(8-19)9-6-11(15)18-12(16)7-9/h6-7,10,17H,4-5,8H2,1-3H3/t10-/m0/s1. The molecule has 1 aliphatic rings. The lowest BCUT2D eigenvalue weighted by Gasteiger charge is -2.35. The van der Waals surface area contributed by atoms with Crippen molar-refractivity contribution in [3.8, 4) is 0 Å². The molecule has 0 bridgehead atoms. The van der Waals surface area contributed by atoms with Gasteiger partial charge in [-0.05, 0) is 54.4 Å². The number of aromatic nitrogens is 1. The maximum atomic E-state index is 12.2. The van der Waals surface area contributed by atoms with Gasteiger partial charge in [-0.25, -0.2) is 9.78 Å². The maximum Gasteiger partial charge on any atom is 0.410 e. The summed E-state index contributed by atoms with van der Waals surface area (Å²) in [6.45, 7) is 7.48. The summed E-state index contributed by atoms with van der Waals surface area (Å²) in [7, 11) is 0. The first-order valence-electron chi connectivity index (χ1n) is 6.79. The smallest absolute Gasteiger partial charge is 0.410 e. The number of carbonyl (C=O) groups is 1. The van der Waals surface area contributed by atoms with Crippen LogP contribution in [0.3, 0.4) is 0 Å². The monoisotopic (exact) mass is 375 g/mol. The highest BCUT2D eigenvalue weighted by Gasteiger charge is 2.28. The molecule has 0 unspecified atom stereocenters. The minimum absolute atomic E-state index is 0.0167. The summed E-state index contributed by atoms with van der Waals surface area (Å²) in [4.78, 5) is 18.0. The van der Waals surface area contributed by atoms with Gasteiger partial charge in [0.2, 0.25) is 0 Å². The lowest BCUT2D eigenvalue weighted by Crippen LogP contribution is -2.49. The Kier molecular flexibility index (Phi) is 5.11. The van der Waals surface area contributed by atoms with Crippen molar-refractivity contribution in [2.75, 3.05) is 19.6 Å². The SMILES string of the molecule is CC(C)(C)OC(=O)N1CCN[C@H](c2cc(Cl)nc(Br)c2)C1. The van der Waals surface area contributed by atoms with Crippen LogP contribution in [0, 0.1) is 0 Å². The second-order valence-electron chi connectivity index (χ2n) is 5.98. The van der Waals surface area contributed by atoms with E-state index in [1.165, 1.54) is 0 Å². The van der Waals surface area contributed by atoms with E-state index in [1.54, 1.807) is 4.90 Å². The van der Waals surface area contributed by atoms with Crippen molar-refractivity contribution in [2.24, 2.45) is 0 Å². The van der Waals surface area contributed by atoms with Gasteiger partial charge in [0.25, 0.3) is 0 Å². The molecule has 0 aliphatic carbocycles. The Morgan fingerprint density at radius 3 is 2.86 bits per heavy atom. The van der Waals surface area contributed by atoms with Crippen LogP contribution in [0.1, 0.15) is 32.4 Å². The Morgan fingerprint density at radius 1 is 1.52 bits per heavy atom. The molecule has 116 valence electrons. The van der Waals surface area contributed by atoms with E-state index in [-0.39, 0.29) is 12.1 Å². The highest BCUT2D eigenvalue weighted by molar-refractivity contribution is 9.10. The normalized spacial score (nSPS) is 19.5. The van der Waals surface area contributed by atoms with E-state index in [1.807, 2.05) is 32.9 Å². The number of halogens is 2. The molecule has 2 rings (SSSR count). The van der Waals surface area contributed by atoms with E-state index >= 15 is 0 Å². The first-order valence-corrected chi connectivity index (χ1v) is 7.96. The summed E-state index contributed by atoms with van der Waals surface area (Å²) in [5.41, 5.74) is 0.510. The van der Waals surface area contributed by atoms with Crippen LogP contribution in [0.15, 0.2) is 16.7 Å². The number of hydrogen-bond donors (Lipinski definition) is 1. The van der Waals surface area contributed by atoms with E-state index in [0.29, 0.717) is 29.4 Å². The zero-order chi connectivity index (χ0) is 15.6. The third kappa shape index (κ3) is 4.83. The van der Waals surface area contributed by atoms with Crippen molar-refractivity contribution in [3.05, 3.63) is 27.5 Å². The average molecular weight is 377 g/mol. The summed E-state index contributed by atoms with van der Waals surface area (Å²) in [5, 5.41) is 3.81. The molecule has 1 aromatic rings. The van der Waals surface area contributed by atoms with E-state index in [0.717, 1.165) is 5.56 Å².